The zero-order valence-electron chi connectivity index (χ0n) is 15.1. The van der Waals surface area contributed by atoms with Gasteiger partial charge in [0.25, 0.3) is 0 Å². The number of carbonyl (C=O) groups excluding carboxylic acids is 2. The van der Waals surface area contributed by atoms with Crippen LogP contribution in [0.4, 0.5) is 0 Å². The van der Waals surface area contributed by atoms with Crippen molar-refractivity contribution in [3.63, 3.8) is 0 Å². The summed E-state index contributed by atoms with van der Waals surface area (Å²) in [7, 11) is 0. The van der Waals surface area contributed by atoms with Crippen LogP contribution in [0.25, 0.3) is 0 Å². The summed E-state index contributed by atoms with van der Waals surface area (Å²) >= 11 is 0. The first-order chi connectivity index (χ1) is 12.5. The minimum atomic E-state index is -0.465. The van der Waals surface area contributed by atoms with Crippen LogP contribution in [0.3, 0.4) is 0 Å². The van der Waals surface area contributed by atoms with E-state index >= 15 is 0 Å². The maximum absolute atomic E-state index is 13.4. The van der Waals surface area contributed by atoms with Crippen molar-refractivity contribution in [3.8, 4) is 0 Å². The first-order valence-electron chi connectivity index (χ1n) is 9.15. The summed E-state index contributed by atoms with van der Waals surface area (Å²) < 4.78 is 0. The molecule has 0 N–H and O–H groups in total. The predicted molar refractivity (Wildman–Crippen MR) is 101 cm³/mol. The summed E-state index contributed by atoms with van der Waals surface area (Å²) in [6.45, 7) is 4.19. The maximum Gasteiger partial charge on any atom is 0.231 e. The van der Waals surface area contributed by atoms with Gasteiger partial charge in [0.05, 0.1) is 17.5 Å². The highest BCUT2D eigenvalue weighted by Gasteiger charge is 2.53. The van der Waals surface area contributed by atoms with Gasteiger partial charge in [-0.05, 0) is 31.1 Å². The van der Waals surface area contributed by atoms with E-state index in [1.165, 1.54) is 0 Å². The number of rotatable bonds is 3. The molecule has 1 heterocycles. The van der Waals surface area contributed by atoms with Crippen molar-refractivity contribution >= 4 is 11.7 Å². The number of ketones is 1. The molecule has 0 aromatic heterocycles. The first-order valence-corrected chi connectivity index (χ1v) is 9.15. The van der Waals surface area contributed by atoms with Gasteiger partial charge in [0.15, 0.2) is 5.78 Å². The second-order valence-corrected chi connectivity index (χ2v) is 7.71. The summed E-state index contributed by atoms with van der Waals surface area (Å²) in [6, 6.07) is 20.2. The van der Waals surface area contributed by atoms with Crippen molar-refractivity contribution in [1.82, 2.24) is 4.90 Å². The second kappa shape index (κ2) is 6.24. The topological polar surface area (TPSA) is 37.4 Å². The molecule has 2 aromatic rings. The molecule has 1 fully saturated rings. The molecule has 3 atom stereocenters. The van der Waals surface area contributed by atoms with Gasteiger partial charge >= 0.3 is 0 Å². The number of hydrogen-bond acceptors (Lipinski definition) is 2. The number of hydrogen-bond donors (Lipinski definition) is 0. The van der Waals surface area contributed by atoms with E-state index in [0.29, 0.717) is 6.42 Å². The molecular weight excluding hydrogens is 322 g/mol. The monoisotopic (exact) mass is 345 g/mol. The Kier molecular flexibility index (Phi) is 4.03. The smallest absolute Gasteiger partial charge is 0.231 e. The fraction of sp³-hybridized carbons (Fsp3) is 0.304. The highest BCUT2D eigenvalue weighted by Crippen LogP contribution is 2.51. The normalized spacial score (nSPS) is 25.5. The molecule has 4 rings (SSSR count). The molecule has 1 amide bonds. The molecule has 0 saturated carbocycles. The van der Waals surface area contributed by atoms with E-state index in [2.05, 4.69) is 38.1 Å². The molecule has 1 saturated heterocycles. The molecule has 3 heteroatoms. The number of carbonyl (C=O) groups is 2. The molecule has 1 aliphatic heterocycles. The highest BCUT2D eigenvalue weighted by atomic mass is 16.2. The fourth-order valence-corrected chi connectivity index (χ4v) is 4.50. The molecule has 26 heavy (non-hydrogen) atoms. The van der Waals surface area contributed by atoms with Crippen LogP contribution in [0.5, 0.6) is 0 Å². The van der Waals surface area contributed by atoms with E-state index in [1.54, 1.807) is 6.08 Å². The van der Waals surface area contributed by atoms with Crippen molar-refractivity contribution in [2.45, 2.75) is 31.8 Å². The number of nitrogens with zero attached hydrogens (tertiary/aromatic N) is 1. The van der Waals surface area contributed by atoms with Gasteiger partial charge in [-0.25, -0.2) is 0 Å². The second-order valence-electron chi connectivity index (χ2n) is 7.71. The van der Waals surface area contributed by atoms with Crippen LogP contribution >= 0.6 is 0 Å². The first kappa shape index (κ1) is 16.8. The van der Waals surface area contributed by atoms with Gasteiger partial charge in [-0.2, -0.15) is 0 Å². The Hall–Kier alpha value is -2.68. The molecule has 1 aliphatic carbocycles. The summed E-state index contributed by atoms with van der Waals surface area (Å²) in [5, 5.41) is 0. The Morgan fingerprint density at radius 2 is 1.54 bits per heavy atom. The molecule has 3 nitrogen and oxygen atoms in total. The molecule has 0 bridgehead atoms. The number of fused-ring (bicyclic) bond motifs is 1. The van der Waals surface area contributed by atoms with Gasteiger partial charge in [0, 0.05) is 12.3 Å². The van der Waals surface area contributed by atoms with E-state index in [-0.39, 0.29) is 29.6 Å². The van der Waals surface area contributed by atoms with Crippen LogP contribution < -0.4 is 0 Å². The summed E-state index contributed by atoms with van der Waals surface area (Å²) in [4.78, 5) is 27.5. The lowest BCUT2D eigenvalue weighted by atomic mass is 9.79. The molecular formula is C23H23NO2. The van der Waals surface area contributed by atoms with Crippen LogP contribution in [-0.2, 0) is 15.1 Å². The van der Waals surface area contributed by atoms with E-state index in [9.17, 15) is 9.59 Å². The van der Waals surface area contributed by atoms with Gasteiger partial charge in [0.2, 0.25) is 5.91 Å². The Labute approximate surface area is 154 Å². The van der Waals surface area contributed by atoms with Crippen LogP contribution in [0.2, 0.25) is 0 Å². The zero-order chi connectivity index (χ0) is 18.3. The third kappa shape index (κ3) is 2.59. The molecule has 2 aromatic carbocycles. The van der Waals surface area contributed by atoms with Gasteiger partial charge in [0.1, 0.15) is 0 Å². The van der Waals surface area contributed by atoms with Crippen molar-refractivity contribution in [2.75, 3.05) is 0 Å². The Bertz CT molecular complexity index is 854. The van der Waals surface area contributed by atoms with E-state index in [4.69, 9.17) is 0 Å². The lowest BCUT2D eigenvalue weighted by Crippen LogP contribution is -2.44. The third-order valence-electron chi connectivity index (χ3n) is 5.82. The fourth-order valence-electron chi connectivity index (χ4n) is 4.50. The van der Waals surface area contributed by atoms with E-state index < -0.39 is 5.54 Å². The number of allylic oxidation sites excluding steroid dienone is 1. The average Bonchev–Trinajstić information content (AvgIpc) is 2.95. The summed E-state index contributed by atoms with van der Waals surface area (Å²) in [6.07, 6.45) is 3.82. The van der Waals surface area contributed by atoms with Gasteiger partial charge < -0.3 is 4.90 Å². The minimum Gasteiger partial charge on any atom is -0.326 e. The van der Waals surface area contributed by atoms with E-state index in [0.717, 1.165) is 11.1 Å². The third-order valence-corrected chi connectivity index (χ3v) is 5.82. The minimum absolute atomic E-state index is 0.00890. The standard InChI is InChI=1S/C23H23NO2/c1-23(2,17-11-7-4-8-12-17)24-21(16-9-5-3-6-10-16)20-15-18(25)13-14-19(20)22(24)26/h3-14,19-21H,15H2,1-2H3/t19-,20+,21-/m1/s1. The Morgan fingerprint density at radius 1 is 0.923 bits per heavy atom. The van der Waals surface area contributed by atoms with Crippen molar-refractivity contribution in [3.05, 3.63) is 83.9 Å². The lowest BCUT2D eigenvalue weighted by Gasteiger charge is -2.41. The summed E-state index contributed by atoms with van der Waals surface area (Å²) in [5.74, 6) is -0.00733. The SMILES string of the molecule is CC(C)(c1ccccc1)N1C(=O)[C@@H]2C=CC(=O)C[C@@H]2[C@H]1c1ccccc1. The predicted octanol–water partition coefficient (Wildman–Crippen LogP) is 4.27. The van der Waals surface area contributed by atoms with Crippen LogP contribution in [-0.4, -0.2) is 16.6 Å². The quantitative estimate of drug-likeness (QED) is 0.833. The molecule has 0 unspecified atom stereocenters. The van der Waals surface area contributed by atoms with Gasteiger partial charge in [-0.1, -0.05) is 66.7 Å². The van der Waals surface area contributed by atoms with Gasteiger partial charge in [-0.3, -0.25) is 9.59 Å². The lowest BCUT2D eigenvalue weighted by molar-refractivity contribution is -0.136. The number of likely N-dealkylation sites (tertiary alicyclic amines) is 1. The molecule has 0 radical (unpaired) electrons. The largest absolute Gasteiger partial charge is 0.326 e. The van der Waals surface area contributed by atoms with Crippen molar-refractivity contribution in [2.24, 2.45) is 11.8 Å². The average molecular weight is 345 g/mol. The van der Waals surface area contributed by atoms with E-state index in [1.807, 2.05) is 47.4 Å². The van der Waals surface area contributed by atoms with Crippen molar-refractivity contribution in [1.29, 1.82) is 0 Å². The molecule has 0 spiro atoms. The zero-order valence-corrected chi connectivity index (χ0v) is 15.1. The molecule has 132 valence electrons. The summed E-state index contributed by atoms with van der Waals surface area (Å²) in [5.41, 5.74) is 1.73. The number of benzene rings is 2. The maximum atomic E-state index is 13.4. The van der Waals surface area contributed by atoms with Crippen LogP contribution in [0, 0.1) is 11.8 Å². The van der Waals surface area contributed by atoms with Crippen LogP contribution in [0.15, 0.2) is 72.8 Å². The Morgan fingerprint density at radius 3 is 2.19 bits per heavy atom. The highest BCUT2D eigenvalue weighted by molar-refractivity contribution is 5.95. The van der Waals surface area contributed by atoms with Gasteiger partial charge in [-0.15, -0.1) is 0 Å². The Balaban J connectivity index is 1.85. The number of amides is 1. The molecule has 2 aliphatic rings. The van der Waals surface area contributed by atoms with Crippen LogP contribution in [0.1, 0.15) is 37.4 Å². The van der Waals surface area contributed by atoms with Crippen molar-refractivity contribution < 1.29 is 9.59 Å².